The van der Waals surface area contributed by atoms with Gasteiger partial charge in [-0.1, -0.05) is 29.8 Å². The van der Waals surface area contributed by atoms with Gasteiger partial charge in [0, 0.05) is 22.2 Å². The minimum atomic E-state index is -1.36. The SMILES string of the molecule is Cc1ccc(NC(=O)CS(=O)Cc2ccc(C(=O)O)cc2)c(C)c1. The molecule has 0 saturated heterocycles. The van der Waals surface area contributed by atoms with Crippen molar-refractivity contribution in [3.8, 4) is 0 Å². The van der Waals surface area contributed by atoms with Gasteiger partial charge in [-0.3, -0.25) is 9.00 Å². The molecule has 0 radical (unpaired) electrons. The highest BCUT2D eigenvalue weighted by Gasteiger charge is 2.11. The summed E-state index contributed by atoms with van der Waals surface area (Å²) in [5, 5.41) is 11.6. The van der Waals surface area contributed by atoms with Gasteiger partial charge >= 0.3 is 5.97 Å². The first-order valence-electron chi connectivity index (χ1n) is 7.39. The summed E-state index contributed by atoms with van der Waals surface area (Å²) >= 11 is 0. The molecule has 0 aliphatic carbocycles. The number of nitrogens with one attached hydrogen (secondary N) is 1. The number of hydrogen-bond acceptors (Lipinski definition) is 3. The standard InChI is InChI=1S/C18H19NO4S/c1-12-3-8-16(13(2)9-12)19-17(20)11-24(23)10-14-4-6-15(7-5-14)18(21)22/h3-9H,10-11H2,1-2H3,(H,19,20)(H,21,22). The molecule has 2 aromatic rings. The summed E-state index contributed by atoms with van der Waals surface area (Å²) in [5.74, 6) is -1.20. The maximum atomic E-state index is 12.1. The lowest BCUT2D eigenvalue weighted by Crippen LogP contribution is -2.20. The molecule has 0 fully saturated rings. The van der Waals surface area contributed by atoms with Crippen LogP contribution in [0.25, 0.3) is 0 Å². The van der Waals surface area contributed by atoms with Crippen LogP contribution in [0.1, 0.15) is 27.0 Å². The molecule has 0 aliphatic heterocycles. The van der Waals surface area contributed by atoms with Crippen LogP contribution in [-0.4, -0.2) is 26.9 Å². The second-order valence-electron chi connectivity index (χ2n) is 5.60. The molecule has 1 unspecified atom stereocenters. The van der Waals surface area contributed by atoms with Gasteiger partial charge in [0.05, 0.1) is 5.56 Å². The molecule has 1 amide bonds. The molecule has 0 bridgehead atoms. The minimum absolute atomic E-state index is 0.103. The molecular formula is C18H19NO4S. The highest BCUT2D eigenvalue weighted by molar-refractivity contribution is 7.84. The molecule has 0 aromatic heterocycles. The highest BCUT2D eigenvalue weighted by atomic mass is 32.2. The summed E-state index contributed by atoms with van der Waals surface area (Å²) < 4.78 is 12.1. The molecule has 0 saturated carbocycles. The largest absolute Gasteiger partial charge is 0.478 e. The summed E-state index contributed by atoms with van der Waals surface area (Å²) in [6.07, 6.45) is 0. The quantitative estimate of drug-likeness (QED) is 0.843. The Labute approximate surface area is 143 Å². The number of carboxylic acid groups (broad SMARTS) is 1. The van der Waals surface area contributed by atoms with E-state index in [1.54, 1.807) is 12.1 Å². The van der Waals surface area contributed by atoms with Gasteiger partial charge in [0.2, 0.25) is 5.91 Å². The van der Waals surface area contributed by atoms with Crippen molar-refractivity contribution in [3.05, 3.63) is 64.7 Å². The Morgan fingerprint density at radius 3 is 2.33 bits per heavy atom. The van der Waals surface area contributed by atoms with E-state index in [9.17, 15) is 13.8 Å². The molecular weight excluding hydrogens is 326 g/mol. The number of aromatic carboxylic acids is 1. The molecule has 1 atom stereocenters. The zero-order valence-corrected chi connectivity index (χ0v) is 14.4. The number of carboxylic acids is 1. The third kappa shape index (κ3) is 5.03. The number of rotatable bonds is 6. The van der Waals surface area contributed by atoms with Crippen molar-refractivity contribution < 1.29 is 18.9 Å². The van der Waals surface area contributed by atoms with Crippen LogP contribution in [0.5, 0.6) is 0 Å². The van der Waals surface area contributed by atoms with Gasteiger partial charge < -0.3 is 10.4 Å². The summed E-state index contributed by atoms with van der Waals surface area (Å²) in [7, 11) is -1.36. The van der Waals surface area contributed by atoms with Crippen molar-refractivity contribution >= 4 is 28.4 Å². The van der Waals surface area contributed by atoms with E-state index in [1.165, 1.54) is 12.1 Å². The van der Waals surface area contributed by atoms with Crippen LogP contribution < -0.4 is 5.32 Å². The molecule has 24 heavy (non-hydrogen) atoms. The molecule has 0 spiro atoms. The first kappa shape index (κ1) is 17.9. The fraction of sp³-hybridized carbons (Fsp3) is 0.222. The van der Waals surface area contributed by atoms with E-state index in [-0.39, 0.29) is 23.0 Å². The van der Waals surface area contributed by atoms with Crippen LogP contribution in [0.3, 0.4) is 0 Å². The molecule has 126 valence electrons. The lowest BCUT2D eigenvalue weighted by atomic mass is 10.1. The summed E-state index contributed by atoms with van der Waals surface area (Å²) in [4.78, 5) is 22.8. The first-order valence-corrected chi connectivity index (χ1v) is 8.88. The average Bonchev–Trinajstić information content (AvgIpc) is 2.50. The first-order chi connectivity index (χ1) is 11.3. The molecule has 0 heterocycles. The summed E-state index contributed by atoms with van der Waals surface area (Å²) in [5.41, 5.74) is 3.69. The van der Waals surface area contributed by atoms with Crippen LogP contribution in [0.4, 0.5) is 5.69 Å². The van der Waals surface area contributed by atoms with Gasteiger partial charge in [0.25, 0.3) is 0 Å². The molecule has 2 rings (SSSR count). The zero-order valence-electron chi connectivity index (χ0n) is 13.5. The molecule has 5 nitrogen and oxygen atoms in total. The van der Waals surface area contributed by atoms with Gasteiger partial charge in [-0.15, -0.1) is 0 Å². The van der Waals surface area contributed by atoms with Crippen LogP contribution >= 0.6 is 0 Å². The minimum Gasteiger partial charge on any atom is -0.478 e. The van der Waals surface area contributed by atoms with Crippen LogP contribution in [-0.2, 0) is 21.3 Å². The van der Waals surface area contributed by atoms with E-state index in [4.69, 9.17) is 5.11 Å². The Balaban J connectivity index is 1.91. The smallest absolute Gasteiger partial charge is 0.335 e. The van der Waals surface area contributed by atoms with Crippen LogP contribution in [0.2, 0.25) is 0 Å². The van der Waals surface area contributed by atoms with Gasteiger partial charge in [-0.05, 0) is 43.2 Å². The van der Waals surface area contributed by atoms with Crippen LogP contribution in [0, 0.1) is 13.8 Å². The van der Waals surface area contributed by atoms with Crippen molar-refractivity contribution in [2.75, 3.05) is 11.1 Å². The number of amides is 1. The Morgan fingerprint density at radius 2 is 1.75 bits per heavy atom. The van der Waals surface area contributed by atoms with Crippen molar-refractivity contribution in [1.29, 1.82) is 0 Å². The summed E-state index contributed by atoms with van der Waals surface area (Å²) in [6, 6.07) is 11.9. The predicted molar refractivity (Wildman–Crippen MR) is 94.7 cm³/mol. The monoisotopic (exact) mass is 345 g/mol. The third-order valence-corrected chi connectivity index (χ3v) is 4.72. The third-order valence-electron chi connectivity index (χ3n) is 3.48. The van der Waals surface area contributed by atoms with Gasteiger partial charge in [-0.2, -0.15) is 0 Å². The van der Waals surface area contributed by atoms with Gasteiger partial charge in [-0.25, -0.2) is 4.79 Å². The fourth-order valence-electron chi connectivity index (χ4n) is 2.27. The number of aryl methyl sites for hydroxylation is 2. The number of carbonyl (C=O) groups is 2. The second kappa shape index (κ2) is 7.88. The second-order valence-corrected chi connectivity index (χ2v) is 7.05. The molecule has 6 heteroatoms. The Bertz CT molecular complexity index is 784. The fourth-order valence-corrected chi connectivity index (χ4v) is 3.30. The van der Waals surface area contributed by atoms with E-state index in [2.05, 4.69) is 5.32 Å². The van der Waals surface area contributed by atoms with E-state index < -0.39 is 16.8 Å². The maximum absolute atomic E-state index is 12.1. The maximum Gasteiger partial charge on any atom is 0.335 e. The van der Waals surface area contributed by atoms with Crippen molar-refractivity contribution in [3.63, 3.8) is 0 Å². The Kier molecular flexibility index (Phi) is 5.87. The number of carbonyl (C=O) groups excluding carboxylic acids is 1. The van der Waals surface area contributed by atoms with Gasteiger partial charge in [0.15, 0.2) is 0 Å². The number of hydrogen-bond donors (Lipinski definition) is 2. The number of anilines is 1. The molecule has 2 N–H and O–H groups in total. The predicted octanol–water partition coefficient (Wildman–Crippen LogP) is 2.89. The lowest BCUT2D eigenvalue weighted by Gasteiger charge is -2.09. The van der Waals surface area contributed by atoms with Crippen molar-refractivity contribution in [2.45, 2.75) is 19.6 Å². The van der Waals surface area contributed by atoms with E-state index in [0.717, 1.165) is 16.7 Å². The van der Waals surface area contributed by atoms with E-state index in [1.807, 2.05) is 32.0 Å². The van der Waals surface area contributed by atoms with E-state index in [0.29, 0.717) is 5.69 Å². The van der Waals surface area contributed by atoms with E-state index >= 15 is 0 Å². The molecule has 0 aliphatic rings. The average molecular weight is 345 g/mol. The van der Waals surface area contributed by atoms with Crippen molar-refractivity contribution in [1.82, 2.24) is 0 Å². The number of benzene rings is 2. The van der Waals surface area contributed by atoms with Gasteiger partial charge in [0.1, 0.15) is 5.75 Å². The van der Waals surface area contributed by atoms with Crippen molar-refractivity contribution in [2.24, 2.45) is 0 Å². The summed E-state index contributed by atoms with van der Waals surface area (Å²) in [6.45, 7) is 3.88. The normalized spacial score (nSPS) is 11.8. The van der Waals surface area contributed by atoms with Crippen LogP contribution in [0.15, 0.2) is 42.5 Å². The Morgan fingerprint density at radius 1 is 1.08 bits per heavy atom. The highest BCUT2D eigenvalue weighted by Crippen LogP contribution is 2.16. The molecule has 2 aromatic carbocycles. The zero-order chi connectivity index (χ0) is 17.7. The lowest BCUT2D eigenvalue weighted by molar-refractivity contribution is -0.113. The topological polar surface area (TPSA) is 83.5 Å². The Hall–Kier alpha value is -2.47.